The highest BCUT2D eigenvalue weighted by atomic mass is 32.2. The molecule has 0 atom stereocenters. The first-order valence-electron chi connectivity index (χ1n) is 11.3. The zero-order chi connectivity index (χ0) is 25.2. The summed E-state index contributed by atoms with van der Waals surface area (Å²) < 4.78 is 44.9. The first-order valence-corrected chi connectivity index (χ1v) is 12.7. The van der Waals surface area contributed by atoms with Crippen molar-refractivity contribution in [1.29, 1.82) is 0 Å². The third-order valence-electron chi connectivity index (χ3n) is 5.88. The van der Waals surface area contributed by atoms with Crippen LogP contribution in [-0.2, 0) is 28.3 Å². The van der Waals surface area contributed by atoms with Gasteiger partial charge in [-0.1, -0.05) is 13.8 Å². The number of imidazole rings is 2. The van der Waals surface area contributed by atoms with E-state index in [0.717, 1.165) is 5.52 Å². The molecule has 1 N–H and O–H groups in total. The van der Waals surface area contributed by atoms with Crippen molar-refractivity contribution in [3.8, 4) is 5.69 Å². The molecule has 9 nitrogen and oxygen atoms in total. The summed E-state index contributed by atoms with van der Waals surface area (Å²) >= 11 is 0. The van der Waals surface area contributed by atoms with E-state index in [1.807, 2.05) is 11.6 Å². The first kappa shape index (κ1) is 24.6. The molecule has 0 saturated heterocycles. The lowest BCUT2D eigenvalue weighted by atomic mass is 10.2. The van der Waals surface area contributed by atoms with Gasteiger partial charge in [-0.25, -0.2) is 22.8 Å². The van der Waals surface area contributed by atoms with Crippen LogP contribution in [0.15, 0.2) is 60.0 Å². The van der Waals surface area contributed by atoms with E-state index in [2.05, 4.69) is 15.3 Å². The van der Waals surface area contributed by atoms with Crippen LogP contribution in [0.4, 0.5) is 10.1 Å². The van der Waals surface area contributed by atoms with E-state index in [-0.39, 0.29) is 17.2 Å². The Kier molecular flexibility index (Phi) is 6.99. The smallest absolute Gasteiger partial charge is 0.243 e. The predicted molar refractivity (Wildman–Crippen MR) is 131 cm³/mol. The number of carbonyl (C=O) groups excluding carboxylic acids is 1. The van der Waals surface area contributed by atoms with Crippen molar-refractivity contribution in [2.24, 2.45) is 7.05 Å². The van der Waals surface area contributed by atoms with Crippen LogP contribution in [0.5, 0.6) is 0 Å². The lowest BCUT2D eigenvalue weighted by molar-refractivity contribution is -0.116. The summed E-state index contributed by atoms with van der Waals surface area (Å²) in [5.74, 6) is -0.113. The highest BCUT2D eigenvalue weighted by molar-refractivity contribution is 7.89. The molecule has 0 bridgehead atoms. The molecule has 4 rings (SSSR count). The van der Waals surface area contributed by atoms with Crippen LogP contribution in [0.25, 0.3) is 16.7 Å². The van der Waals surface area contributed by atoms with Crippen LogP contribution in [0.3, 0.4) is 0 Å². The van der Waals surface area contributed by atoms with Crippen LogP contribution >= 0.6 is 0 Å². The fourth-order valence-corrected chi connectivity index (χ4v) is 5.45. The number of sulfonamides is 1. The van der Waals surface area contributed by atoms with Crippen molar-refractivity contribution >= 4 is 32.7 Å². The second-order valence-corrected chi connectivity index (χ2v) is 9.95. The SMILES string of the molecule is CCN(CC)S(=O)(=O)c1ccc2c(c1)nc(CCC(=O)Nc1ccc(-n3ccnc3)c(F)c1)n2C. The maximum atomic E-state index is 14.4. The Bertz CT molecular complexity index is 1460. The average Bonchev–Trinajstić information content (AvgIpc) is 3.46. The van der Waals surface area contributed by atoms with Crippen LogP contribution in [0.1, 0.15) is 26.1 Å². The highest BCUT2D eigenvalue weighted by Crippen LogP contribution is 2.23. The topological polar surface area (TPSA) is 102 Å². The molecule has 0 aliphatic carbocycles. The molecule has 11 heteroatoms. The van der Waals surface area contributed by atoms with Gasteiger partial charge in [0.25, 0.3) is 0 Å². The van der Waals surface area contributed by atoms with Gasteiger partial charge in [0.15, 0.2) is 0 Å². The largest absolute Gasteiger partial charge is 0.331 e. The predicted octanol–water partition coefficient (Wildman–Crippen LogP) is 3.50. The third-order valence-corrected chi connectivity index (χ3v) is 7.92. The second-order valence-electron chi connectivity index (χ2n) is 8.01. The number of amides is 1. The molecule has 35 heavy (non-hydrogen) atoms. The zero-order valence-corrected chi connectivity index (χ0v) is 20.6. The van der Waals surface area contributed by atoms with E-state index in [1.165, 1.54) is 16.7 Å². The summed E-state index contributed by atoms with van der Waals surface area (Å²) in [5, 5.41) is 2.71. The molecular formula is C24H27FN6O3S. The maximum Gasteiger partial charge on any atom is 0.243 e. The molecule has 4 aromatic rings. The fraction of sp³-hybridized carbons (Fsp3) is 0.292. The molecule has 2 heterocycles. The van der Waals surface area contributed by atoms with Crippen LogP contribution < -0.4 is 5.32 Å². The summed E-state index contributed by atoms with van der Waals surface area (Å²) in [6, 6.07) is 9.34. The number of hydrogen-bond donors (Lipinski definition) is 1. The molecule has 2 aromatic heterocycles. The van der Waals surface area contributed by atoms with Gasteiger partial charge in [0, 0.05) is 51.1 Å². The molecule has 0 saturated carbocycles. The van der Waals surface area contributed by atoms with Gasteiger partial charge in [-0.3, -0.25) is 4.79 Å². The van der Waals surface area contributed by atoms with E-state index in [0.29, 0.717) is 42.2 Å². The molecule has 0 spiro atoms. The number of rotatable bonds is 9. The van der Waals surface area contributed by atoms with Crippen molar-refractivity contribution in [2.45, 2.75) is 31.6 Å². The summed E-state index contributed by atoms with van der Waals surface area (Å²) in [7, 11) is -1.77. The van der Waals surface area contributed by atoms with Crippen LogP contribution in [0.2, 0.25) is 0 Å². The zero-order valence-electron chi connectivity index (χ0n) is 19.8. The van der Waals surface area contributed by atoms with E-state index < -0.39 is 15.8 Å². The number of halogens is 1. The molecule has 0 radical (unpaired) electrons. The van der Waals surface area contributed by atoms with E-state index in [4.69, 9.17) is 0 Å². The normalized spacial score (nSPS) is 11.9. The van der Waals surface area contributed by atoms with E-state index in [1.54, 1.807) is 61.1 Å². The number of hydrogen-bond acceptors (Lipinski definition) is 5. The summed E-state index contributed by atoms with van der Waals surface area (Å²) in [5.41, 5.74) is 2.01. The number of benzene rings is 2. The van der Waals surface area contributed by atoms with Crippen molar-refractivity contribution in [2.75, 3.05) is 18.4 Å². The minimum absolute atomic E-state index is 0.132. The number of fused-ring (bicyclic) bond motifs is 1. The van der Waals surface area contributed by atoms with Gasteiger partial charge in [0.05, 0.1) is 27.9 Å². The minimum atomic E-state index is -3.59. The Morgan fingerprint density at radius 1 is 1.14 bits per heavy atom. The van der Waals surface area contributed by atoms with Gasteiger partial charge in [-0.2, -0.15) is 4.31 Å². The minimum Gasteiger partial charge on any atom is -0.331 e. The molecule has 0 unspecified atom stereocenters. The van der Waals surface area contributed by atoms with Gasteiger partial charge in [0.2, 0.25) is 15.9 Å². The lowest BCUT2D eigenvalue weighted by Crippen LogP contribution is -2.30. The summed E-state index contributed by atoms with van der Waals surface area (Å²) in [6.07, 6.45) is 5.16. The molecular weight excluding hydrogens is 471 g/mol. The maximum absolute atomic E-state index is 14.4. The monoisotopic (exact) mass is 498 g/mol. The van der Waals surface area contributed by atoms with Gasteiger partial charge in [-0.05, 0) is 36.4 Å². The van der Waals surface area contributed by atoms with Crippen molar-refractivity contribution < 1.29 is 17.6 Å². The van der Waals surface area contributed by atoms with Crippen molar-refractivity contribution in [1.82, 2.24) is 23.4 Å². The number of nitrogens with one attached hydrogen (secondary N) is 1. The molecule has 184 valence electrons. The van der Waals surface area contributed by atoms with Gasteiger partial charge < -0.3 is 14.5 Å². The van der Waals surface area contributed by atoms with Gasteiger partial charge >= 0.3 is 0 Å². The van der Waals surface area contributed by atoms with Crippen LogP contribution in [-0.4, -0.2) is 50.8 Å². The van der Waals surface area contributed by atoms with E-state index in [9.17, 15) is 17.6 Å². The fourth-order valence-electron chi connectivity index (χ4n) is 3.97. The quantitative estimate of drug-likeness (QED) is 0.381. The number of anilines is 1. The van der Waals surface area contributed by atoms with Gasteiger partial charge in [-0.15, -0.1) is 0 Å². The van der Waals surface area contributed by atoms with Crippen molar-refractivity contribution in [3.63, 3.8) is 0 Å². The van der Waals surface area contributed by atoms with Crippen LogP contribution in [0, 0.1) is 5.82 Å². The Hall–Kier alpha value is -3.57. The second kappa shape index (κ2) is 9.96. The summed E-state index contributed by atoms with van der Waals surface area (Å²) in [6.45, 7) is 4.36. The molecule has 1 amide bonds. The molecule has 0 aliphatic heterocycles. The number of carbonyl (C=O) groups is 1. The molecule has 0 fully saturated rings. The first-order chi connectivity index (χ1) is 16.7. The number of nitrogens with zero attached hydrogens (tertiary/aromatic N) is 5. The Balaban J connectivity index is 1.46. The number of aryl methyl sites for hydroxylation is 2. The summed E-state index contributed by atoms with van der Waals surface area (Å²) in [4.78, 5) is 21.2. The third kappa shape index (κ3) is 4.96. The lowest BCUT2D eigenvalue weighted by Gasteiger charge is -2.18. The Labute approximate surface area is 203 Å². The van der Waals surface area contributed by atoms with E-state index >= 15 is 0 Å². The molecule has 2 aromatic carbocycles. The Morgan fingerprint density at radius 3 is 2.57 bits per heavy atom. The average molecular weight is 499 g/mol. The molecule has 0 aliphatic rings. The Morgan fingerprint density at radius 2 is 1.91 bits per heavy atom. The number of aromatic nitrogens is 4. The van der Waals surface area contributed by atoms with Crippen molar-refractivity contribution in [3.05, 3.63) is 66.8 Å². The van der Waals surface area contributed by atoms with Gasteiger partial charge in [0.1, 0.15) is 11.6 Å². The standard InChI is InChI=1S/C24H27FN6O3S/c1-4-31(5-2)35(33,34)18-7-9-22-20(15-18)28-23(29(22)3)10-11-24(32)27-17-6-8-21(19(25)14-17)30-13-12-26-16-30/h6-9,12-16H,4-5,10-11H2,1-3H3,(H,27,32). The highest BCUT2D eigenvalue weighted by Gasteiger charge is 2.23.